The van der Waals surface area contributed by atoms with E-state index in [1.165, 1.54) is 52.5 Å². The van der Waals surface area contributed by atoms with Crippen LogP contribution in [0.3, 0.4) is 0 Å². The number of nitrogens with one attached hydrogen (secondary N) is 1. The monoisotopic (exact) mass is 425 g/mol. The number of benzene rings is 1. The maximum Gasteiger partial charge on any atom is 0.295 e. The number of ketones is 1. The molecule has 0 spiro atoms. The second-order valence-electron chi connectivity index (χ2n) is 7.73. The number of rotatable bonds is 6. The molecule has 1 atom stereocenters. The summed E-state index contributed by atoms with van der Waals surface area (Å²) in [5.41, 5.74) is 0.544. The summed E-state index contributed by atoms with van der Waals surface area (Å²) in [7, 11) is 0. The minimum Gasteiger partial charge on any atom is -0.872 e. The summed E-state index contributed by atoms with van der Waals surface area (Å²) < 4.78 is 19.4. The highest BCUT2D eigenvalue weighted by molar-refractivity contribution is 6.46. The van der Waals surface area contributed by atoms with Crippen molar-refractivity contribution in [3.05, 3.63) is 71.3 Å². The van der Waals surface area contributed by atoms with E-state index in [0.717, 1.165) is 19.6 Å². The maximum atomic E-state index is 14.0. The zero-order valence-corrected chi connectivity index (χ0v) is 17.1. The van der Waals surface area contributed by atoms with E-state index in [2.05, 4.69) is 4.98 Å². The molecule has 0 radical (unpaired) electrons. The van der Waals surface area contributed by atoms with Gasteiger partial charge in [0.15, 0.2) is 0 Å². The molecule has 1 N–H and O–H groups in total. The number of pyridine rings is 1. The van der Waals surface area contributed by atoms with Crippen LogP contribution in [0, 0.1) is 5.82 Å². The van der Waals surface area contributed by atoms with Gasteiger partial charge in [0.05, 0.1) is 25.8 Å². The van der Waals surface area contributed by atoms with Crippen molar-refractivity contribution in [3.8, 4) is 0 Å². The third-order valence-corrected chi connectivity index (χ3v) is 5.77. The van der Waals surface area contributed by atoms with Crippen LogP contribution in [0.2, 0.25) is 0 Å². The van der Waals surface area contributed by atoms with E-state index >= 15 is 0 Å². The van der Waals surface area contributed by atoms with Gasteiger partial charge in [-0.2, -0.15) is 0 Å². The van der Waals surface area contributed by atoms with Gasteiger partial charge in [-0.05, 0) is 35.4 Å². The average Bonchev–Trinajstić information content (AvgIpc) is 3.05. The van der Waals surface area contributed by atoms with Crippen molar-refractivity contribution in [1.82, 2.24) is 9.88 Å². The van der Waals surface area contributed by atoms with Crippen LogP contribution in [-0.4, -0.2) is 61.0 Å². The number of halogens is 1. The van der Waals surface area contributed by atoms with Gasteiger partial charge in [-0.3, -0.25) is 14.6 Å². The summed E-state index contributed by atoms with van der Waals surface area (Å²) in [6, 6.07) is 7.81. The molecular formula is C23H24FN3O4. The highest BCUT2D eigenvalue weighted by Gasteiger charge is 2.44. The normalized spacial score (nSPS) is 21.6. The van der Waals surface area contributed by atoms with Gasteiger partial charge in [-0.15, -0.1) is 0 Å². The smallest absolute Gasteiger partial charge is 0.295 e. The first kappa shape index (κ1) is 21.1. The van der Waals surface area contributed by atoms with Gasteiger partial charge in [0.2, 0.25) is 5.78 Å². The van der Waals surface area contributed by atoms with Crippen molar-refractivity contribution in [2.45, 2.75) is 12.5 Å². The Labute approximate surface area is 179 Å². The third kappa shape index (κ3) is 4.50. The Bertz CT molecular complexity index is 989. The van der Waals surface area contributed by atoms with Crippen molar-refractivity contribution in [2.24, 2.45) is 0 Å². The molecule has 7 nitrogen and oxygen atoms in total. The zero-order valence-electron chi connectivity index (χ0n) is 17.1. The first-order chi connectivity index (χ1) is 15.1. The summed E-state index contributed by atoms with van der Waals surface area (Å²) in [6.45, 7) is 4.35. The molecule has 31 heavy (non-hydrogen) atoms. The second kappa shape index (κ2) is 9.36. The number of carbonyl (C=O) groups is 2. The molecule has 1 aromatic heterocycles. The number of amides is 1. The van der Waals surface area contributed by atoms with E-state index in [-0.39, 0.29) is 11.1 Å². The third-order valence-electron chi connectivity index (χ3n) is 5.77. The Balaban J connectivity index is 1.66. The first-order valence-corrected chi connectivity index (χ1v) is 10.4. The number of likely N-dealkylation sites (tertiary alicyclic amines) is 1. The van der Waals surface area contributed by atoms with Gasteiger partial charge in [0, 0.05) is 30.9 Å². The van der Waals surface area contributed by atoms with E-state index in [0.29, 0.717) is 31.7 Å². The summed E-state index contributed by atoms with van der Waals surface area (Å²) in [4.78, 5) is 32.4. The van der Waals surface area contributed by atoms with Crippen molar-refractivity contribution in [2.75, 3.05) is 39.4 Å². The number of ether oxygens (including phenoxy) is 1. The molecule has 0 bridgehead atoms. The van der Waals surface area contributed by atoms with Crippen LogP contribution in [-0.2, 0) is 14.3 Å². The van der Waals surface area contributed by atoms with Crippen LogP contribution in [0.4, 0.5) is 4.39 Å². The molecule has 162 valence electrons. The molecule has 0 aliphatic carbocycles. The number of hydrogen-bond donors (Lipinski definition) is 1. The molecule has 2 saturated heterocycles. The largest absolute Gasteiger partial charge is 0.872 e. The Kier molecular flexibility index (Phi) is 6.39. The van der Waals surface area contributed by atoms with Crippen molar-refractivity contribution >= 4 is 17.4 Å². The van der Waals surface area contributed by atoms with Gasteiger partial charge in [-0.1, -0.05) is 17.9 Å². The van der Waals surface area contributed by atoms with Crippen molar-refractivity contribution < 1.29 is 28.7 Å². The number of aromatic nitrogens is 1. The van der Waals surface area contributed by atoms with Crippen molar-refractivity contribution in [1.29, 1.82) is 0 Å². The lowest BCUT2D eigenvalue weighted by Crippen LogP contribution is -3.14. The molecule has 8 heteroatoms. The second-order valence-corrected chi connectivity index (χ2v) is 7.73. The van der Waals surface area contributed by atoms with Crippen LogP contribution in [0.5, 0.6) is 0 Å². The fourth-order valence-electron chi connectivity index (χ4n) is 4.19. The molecule has 0 saturated carbocycles. The van der Waals surface area contributed by atoms with Gasteiger partial charge >= 0.3 is 0 Å². The standard InChI is InChI=1S/C23H24FN3O4/c24-18-4-1-3-17(15-18)20-19(21(28)16-5-7-25-8-6-16)22(29)23(30)27(20)10-2-9-26-11-13-31-14-12-26/h1,3-8,15,20,28H,2,9-14H2. The predicted octanol–water partition coefficient (Wildman–Crippen LogP) is -0.250. The highest BCUT2D eigenvalue weighted by atomic mass is 19.1. The van der Waals surface area contributed by atoms with Crippen LogP contribution in [0.1, 0.15) is 23.6 Å². The highest BCUT2D eigenvalue weighted by Crippen LogP contribution is 2.38. The molecular weight excluding hydrogens is 401 g/mol. The summed E-state index contributed by atoms with van der Waals surface area (Å²) in [6.07, 6.45) is 3.57. The molecule has 3 heterocycles. The van der Waals surface area contributed by atoms with Crippen LogP contribution >= 0.6 is 0 Å². The molecule has 2 fully saturated rings. The van der Waals surface area contributed by atoms with E-state index in [4.69, 9.17) is 4.74 Å². The summed E-state index contributed by atoms with van der Waals surface area (Å²) >= 11 is 0. The quantitative estimate of drug-likeness (QED) is 0.392. The SMILES string of the molecule is O=C1C(=O)N(CCC[NH+]2CCOCC2)C(c2cccc(F)c2)C1=C([O-])c1ccncc1. The van der Waals surface area contributed by atoms with Gasteiger partial charge in [0.25, 0.3) is 5.91 Å². The Morgan fingerprint density at radius 1 is 1.19 bits per heavy atom. The number of nitrogens with zero attached hydrogens (tertiary/aromatic N) is 2. The minimum absolute atomic E-state index is 0.138. The van der Waals surface area contributed by atoms with Gasteiger partial charge in [0.1, 0.15) is 18.9 Å². The topological polar surface area (TPSA) is 87.0 Å². The molecule has 1 aromatic carbocycles. The fourth-order valence-corrected chi connectivity index (χ4v) is 4.19. The Morgan fingerprint density at radius 2 is 1.94 bits per heavy atom. The zero-order chi connectivity index (χ0) is 21.8. The predicted molar refractivity (Wildman–Crippen MR) is 108 cm³/mol. The van der Waals surface area contributed by atoms with E-state index in [1.807, 2.05) is 0 Å². The molecule has 1 unspecified atom stereocenters. The van der Waals surface area contributed by atoms with E-state index in [1.54, 1.807) is 6.07 Å². The van der Waals surface area contributed by atoms with E-state index in [9.17, 15) is 19.1 Å². The number of morpholine rings is 1. The minimum atomic E-state index is -0.906. The first-order valence-electron chi connectivity index (χ1n) is 10.4. The summed E-state index contributed by atoms with van der Waals surface area (Å²) in [5, 5.41) is 13.2. The maximum absolute atomic E-state index is 14.0. The van der Waals surface area contributed by atoms with Crippen LogP contribution < -0.4 is 10.0 Å². The Hall–Kier alpha value is -3.10. The number of carbonyl (C=O) groups excluding carboxylic acids is 2. The lowest BCUT2D eigenvalue weighted by Gasteiger charge is -2.29. The number of quaternary nitrogens is 1. The van der Waals surface area contributed by atoms with E-state index < -0.39 is 29.3 Å². The Morgan fingerprint density at radius 3 is 2.65 bits per heavy atom. The van der Waals surface area contributed by atoms with Gasteiger partial charge < -0.3 is 19.6 Å². The fraction of sp³-hybridized carbons (Fsp3) is 0.348. The average molecular weight is 425 g/mol. The van der Waals surface area contributed by atoms with Crippen molar-refractivity contribution in [3.63, 3.8) is 0 Å². The number of hydrogen-bond acceptors (Lipinski definition) is 5. The number of Topliss-reactive ketones (excluding diaryl/α,β-unsaturated/α-hetero) is 1. The molecule has 2 aliphatic heterocycles. The summed E-state index contributed by atoms with van der Waals surface area (Å²) in [5.74, 6) is -2.56. The van der Waals surface area contributed by atoms with Crippen LogP contribution in [0.25, 0.3) is 5.76 Å². The molecule has 4 rings (SSSR count). The van der Waals surface area contributed by atoms with Crippen LogP contribution in [0.15, 0.2) is 54.4 Å². The molecule has 2 aromatic rings. The molecule has 2 aliphatic rings. The lowest BCUT2D eigenvalue weighted by molar-refractivity contribution is -0.908. The lowest BCUT2D eigenvalue weighted by atomic mass is 9.95. The van der Waals surface area contributed by atoms with Gasteiger partial charge in [-0.25, -0.2) is 4.39 Å². The molecule has 1 amide bonds.